The molecular formula is C18H24NO+. The third kappa shape index (κ3) is 2.87. The van der Waals surface area contributed by atoms with Gasteiger partial charge in [-0.2, -0.15) is 0 Å². The summed E-state index contributed by atoms with van der Waals surface area (Å²) in [6, 6.07) is 10.8. The molecule has 2 aliphatic rings. The Bertz CT molecular complexity index is 495. The number of aliphatic hydroxyl groups is 1. The van der Waals surface area contributed by atoms with E-state index in [0.29, 0.717) is 0 Å². The Kier molecular flexibility index (Phi) is 4.04. The van der Waals surface area contributed by atoms with E-state index in [2.05, 4.69) is 48.6 Å². The van der Waals surface area contributed by atoms with Gasteiger partial charge in [-0.25, -0.2) is 0 Å². The van der Waals surface area contributed by atoms with Gasteiger partial charge in [-0.1, -0.05) is 36.4 Å². The molecule has 1 aliphatic carbocycles. The lowest BCUT2D eigenvalue weighted by Gasteiger charge is -2.43. The van der Waals surface area contributed by atoms with Gasteiger partial charge in [-0.05, 0) is 25.0 Å². The number of likely N-dealkylation sites (tertiary alicyclic amines) is 1. The fraction of sp³-hybridized carbons (Fsp3) is 0.444. The van der Waals surface area contributed by atoms with Crippen LogP contribution in [0.1, 0.15) is 31.2 Å². The van der Waals surface area contributed by atoms with Crippen LogP contribution < -0.4 is 0 Å². The normalized spacial score (nSPS) is 30.1. The van der Waals surface area contributed by atoms with Crippen LogP contribution in [0.4, 0.5) is 0 Å². The van der Waals surface area contributed by atoms with Gasteiger partial charge in [-0.15, -0.1) is 0 Å². The Hall–Kier alpha value is -1.38. The molecule has 0 bridgehead atoms. The van der Waals surface area contributed by atoms with E-state index in [1.54, 1.807) is 0 Å². The molecular weight excluding hydrogens is 246 g/mol. The SMILES string of the molecule is OC1CC[N+](Cc2ccccc2)(C2=CCCC=C2)CC1. The molecule has 0 saturated carbocycles. The predicted molar refractivity (Wildman–Crippen MR) is 81.8 cm³/mol. The van der Waals surface area contributed by atoms with Crippen molar-refractivity contribution in [2.24, 2.45) is 0 Å². The fourth-order valence-electron chi connectivity index (χ4n) is 3.44. The van der Waals surface area contributed by atoms with Gasteiger partial charge in [0.25, 0.3) is 0 Å². The molecule has 1 saturated heterocycles. The molecule has 1 aliphatic heterocycles. The number of hydrogen-bond acceptors (Lipinski definition) is 1. The van der Waals surface area contributed by atoms with Crippen molar-refractivity contribution in [3.8, 4) is 0 Å². The number of rotatable bonds is 3. The summed E-state index contributed by atoms with van der Waals surface area (Å²) in [7, 11) is 0. The number of benzene rings is 1. The van der Waals surface area contributed by atoms with Crippen LogP contribution in [0.5, 0.6) is 0 Å². The number of nitrogens with zero attached hydrogens (tertiary/aromatic N) is 1. The Morgan fingerprint density at radius 2 is 1.80 bits per heavy atom. The highest BCUT2D eigenvalue weighted by atomic mass is 16.3. The van der Waals surface area contributed by atoms with E-state index >= 15 is 0 Å². The molecule has 1 fully saturated rings. The lowest BCUT2D eigenvalue weighted by molar-refractivity contribution is -0.908. The molecule has 0 spiro atoms. The van der Waals surface area contributed by atoms with E-state index in [1.807, 2.05) is 0 Å². The summed E-state index contributed by atoms with van der Waals surface area (Å²) in [5.74, 6) is 0. The number of quaternary nitrogens is 1. The van der Waals surface area contributed by atoms with Crippen LogP contribution in [0.15, 0.2) is 54.3 Å². The summed E-state index contributed by atoms with van der Waals surface area (Å²) in [6.07, 6.45) is 11.1. The van der Waals surface area contributed by atoms with Crippen molar-refractivity contribution in [1.82, 2.24) is 0 Å². The van der Waals surface area contributed by atoms with Gasteiger partial charge in [0, 0.05) is 18.4 Å². The van der Waals surface area contributed by atoms with Crippen LogP contribution in [0.25, 0.3) is 0 Å². The van der Waals surface area contributed by atoms with E-state index in [-0.39, 0.29) is 6.10 Å². The molecule has 0 amide bonds. The monoisotopic (exact) mass is 270 g/mol. The van der Waals surface area contributed by atoms with E-state index < -0.39 is 0 Å². The molecule has 2 heteroatoms. The van der Waals surface area contributed by atoms with Crippen molar-refractivity contribution in [2.75, 3.05) is 13.1 Å². The Morgan fingerprint density at radius 1 is 1.05 bits per heavy atom. The first kappa shape index (κ1) is 13.6. The van der Waals surface area contributed by atoms with Crippen molar-refractivity contribution in [3.63, 3.8) is 0 Å². The molecule has 1 aromatic carbocycles. The van der Waals surface area contributed by atoms with Crippen molar-refractivity contribution in [3.05, 3.63) is 59.8 Å². The first-order chi connectivity index (χ1) is 9.78. The maximum absolute atomic E-state index is 9.86. The first-order valence-corrected chi connectivity index (χ1v) is 7.74. The molecule has 106 valence electrons. The number of allylic oxidation sites excluding steroid dienone is 3. The summed E-state index contributed by atoms with van der Waals surface area (Å²) < 4.78 is 1.01. The van der Waals surface area contributed by atoms with Crippen molar-refractivity contribution in [2.45, 2.75) is 38.3 Å². The summed E-state index contributed by atoms with van der Waals surface area (Å²) in [4.78, 5) is 0. The van der Waals surface area contributed by atoms with Crippen molar-refractivity contribution >= 4 is 0 Å². The third-order valence-electron chi connectivity index (χ3n) is 4.63. The minimum Gasteiger partial charge on any atom is -0.393 e. The molecule has 0 atom stereocenters. The molecule has 1 heterocycles. The topological polar surface area (TPSA) is 20.2 Å². The largest absolute Gasteiger partial charge is 0.393 e. The van der Waals surface area contributed by atoms with Crippen LogP contribution in [0.2, 0.25) is 0 Å². The van der Waals surface area contributed by atoms with Gasteiger partial charge < -0.3 is 5.11 Å². The summed E-state index contributed by atoms with van der Waals surface area (Å²) in [5.41, 5.74) is 2.84. The average Bonchev–Trinajstić information content (AvgIpc) is 2.52. The number of piperidine rings is 1. The van der Waals surface area contributed by atoms with Crippen LogP contribution in [0.3, 0.4) is 0 Å². The van der Waals surface area contributed by atoms with Crippen molar-refractivity contribution < 1.29 is 9.59 Å². The lowest BCUT2D eigenvalue weighted by Crippen LogP contribution is -2.52. The van der Waals surface area contributed by atoms with E-state index in [9.17, 15) is 5.11 Å². The fourth-order valence-corrected chi connectivity index (χ4v) is 3.44. The smallest absolute Gasteiger partial charge is 0.128 e. The van der Waals surface area contributed by atoms with Crippen LogP contribution in [-0.2, 0) is 6.54 Å². The van der Waals surface area contributed by atoms with Gasteiger partial charge >= 0.3 is 0 Å². The molecule has 0 aromatic heterocycles. The van der Waals surface area contributed by atoms with E-state index in [0.717, 1.165) is 49.8 Å². The maximum atomic E-state index is 9.86. The predicted octanol–water partition coefficient (Wildman–Crippen LogP) is 3.39. The standard InChI is InChI=1S/C18H24NO/c20-18-11-13-19(14-12-18,17-9-5-2-6-10-17)15-16-7-3-1-4-8-16/h1,3-5,7-10,18,20H,2,6,11-15H2/q+1. The van der Waals surface area contributed by atoms with Crippen LogP contribution in [-0.4, -0.2) is 28.8 Å². The highest BCUT2D eigenvalue weighted by Gasteiger charge is 2.36. The first-order valence-electron chi connectivity index (χ1n) is 7.74. The van der Waals surface area contributed by atoms with Gasteiger partial charge in [0.15, 0.2) is 0 Å². The van der Waals surface area contributed by atoms with Crippen molar-refractivity contribution in [1.29, 1.82) is 0 Å². The third-order valence-corrected chi connectivity index (χ3v) is 4.63. The molecule has 20 heavy (non-hydrogen) atoms. The highest BCUT2D eigenvalue weighted by Crippen LogP contribution is 2.31. The highest BCUT2D eigenvalue weighted by molar-refractivity contribution is 5.19. The molecule has 3 rings (SSSR count). The second-order valence-electron chi connectivity index (χ2n) is 6.08. The molecule has 1 N–H and O–H groups in total. The van der Waals surface area contributed by atoms with Gasteiger partial charge in [0.2, 0.25) is 0 Å². The lowest BCUT2D eigenvalue weighted by atomic mass is 9.99. The average molecular weight is 270 g/mol. The Labute approximate surface area is 121 Å². The minimum atomic E-state index is -0.106. The molecule has 0 unspecified atom stereocenters. The summed E-state index contributed by atoms with van der Waals surface area (Å²) >= 11 is 0. The molecule has 0 radical (unpaired) electrons. The van der Waals surface area contributed by atoms with Crippen LogP contribution in [0, 0.1) is 0 Å². The van der Waals surface area contributed by atoms with E-state index in [1.165, 1.54) is 11.3 Å². The zero-order chi connectivity index (χ0) is 13.8. The summed E-state index contributed by atoms with van der Waals surface area (Å²) in [6.45, 7) is 3.14. The van der Waals surface area contributed by atoms with Gasteiger partial charge in [0.1, 0.15) is 12.2 Å². The maximum Gasteiger partial charge on any atom is 0.128 e. The van der Waals surface area contributed by atoms with Gasteiger partial charge in [-0.3, -0.25) is 4.48 Å². The quantitative estimate of drug-likeness (QED) is 0.835. The number of hydrogen-bond donors (Lipinski definition) is 1. The zero-order valence-electron chi connectivity index (χ0n) is 12.0. The Morgan fingerprint density at radius 3 is 2.45 bits per heavy atom. The van der Waals surface area contributed by atoms with E-state index in [4.69, 9.17) is 0 Å². The molecule has 2 nitrogen and oxygen atoms in total. The molecule has 1 aromatic rings. The van der Waals surface area contributed by atoms with Crippen LogP contribution >= 0.6 is 0 Å². The van der Waals surface area contributed by atoms with Gasteiger partial charge in [0.05, 0.1) is 19.2 Å². The Balaban J connectivity index is 1.87. The second-order valence-corrected chi connectivity index (χ2v) is 6.08. The second kappa shape index (κ2) is 5.94. The minimum absolute atomic E-state index is 0.106. The summed E-state index contributed by atoms with van der Waals surface area (Å²) in [5, 5.41) is 9.86. The zero-order valence-corrected chi connectivity index (χ0v) is 12.0. The number of aliphatic hydroxyl groups excluding tert-OH is 1.